The Balaban J connectivity index is 2.03. The van der Waals surface area contributed by atoms with Crippen LogP contribution < -0.4 is 5.32 Å². The highest BCUT2D eigenvalue weighted by Crippen LogP contribution is 2.44. The maximum Gasteiger partial charge on any atom is 0.0510 e. The maximum absolute atomic E-state index is 5.55. The van der Waals surface area contributed by atoms with Gasteiger partial charge in [-0.3, -0.25) is 0 Å². The van der Waals surface area contributed by atoms with Crippen LogP contribution in [-0.4, -0.2) is 25.8 Å². The Kier molecular flexibility index (Phi) is 3.68. The molecule has 2 fully saturated rings. The third-order valence-corrected chi connectivity index (χ3v) is 4.36. The molecular weight excluding hydrogens is 186 g/mol. The topological polar surface area (TPSA) is 21.3 Å². The minimum absolute atomic E-state index is 0.536. The minimum Gasteiger partial charge on any atom is -0.381 e. The first-order valence-electron chi connectivity index (χ1n) is 6.57. The molecule has 2 unspecified atom stereocenters. The summed E-state index contributed by atoms with van der Waals surface area (Å²) in [4.78, 5) is 0. The number of ether oxygens (including phenoxy) is 1. The van der Waals surface area contributed by atoms with Crippen LogP contribution in [0.5, 0.6) is 0 Å². The predicted octanol–water partition coefficient (Wildman–Crippen LogP) is 2.58. The molecule has 0 amide bonds. The standard InChI is InChI=1S/C13H25NO/c1-3-14-12(11-6-9-15-10-11)13(2)7-4-5-8-13/h11-12,14H,3-10H2,1-2H3. The Morgan fingerprint density at radius 3 is 2.67 bits per heavy atom. The quantitative estimate of drug-likeness (QED) is 0.771. The van der Waals surface area contributed by atoms with Crippen molar-refractivity contribution >= 4 is 0 Å². The van der Waals surface area contributed by atoms with Crippen LogP contribution in [0.3, 0.4) is 0 Å². The van der Waals surface area contributed by atoms with Gasteiger partial charge in [-0.15, -0.1) is 0 Å². The molecule has 0 aromatic heterocycles. The summed E-state index contributed by atoms with van der Waals surface area (Å²) in [5, 5.41) is 3.73. The van der Waals surface area contributed by atoms with Crippen molar-refractivity contribution in [3.05, 3.63) is 0 Å². The molecular formula is C13H25NO. The maximum atomic E-state index is 5.55. The lowest BCUT2D eigenvalue weighted by Gasteiger charge is -2.38. The van der Waals surface area contributed by atoms with E-state index in [0.717, 1.165) is 25.7 Å². The molecule has 88 valence electrons. The molecule has 2 heteroatoms. The van der Waals surface area contributed by atoms with Crippen molar-refractivity contribution in [1.82, 2.24) is 5.32 Å². The van der Waals surface area contributed by atoms with Gasteiger partial charge in [0.05, 0.1) is 6.61 Å². The minimum atomic E-state index is 0.536. The monoisotopic (exact) mass is 211 g/mol. The molecule has 15 heavy (non-hydrogen) atoms. The van der Waals surface area contributed by atoms with Crippen molar-refractivity contribution < 1.29 is 4.74 Å². The van der Waals surface area contributed by atoms with E-state index >= 15 is 0 Å². The van der Waals surface area contributed by atoms with E-state index in [1.54, 1.807) is 0 Å². The van der Waals surface area contributed by atoms with Crippen molar-refractivity contribution in [2.45, 2.75) is 52.0 Å². The second-order valence-electron chi connectivity index (χ2n) is 5.52. The van der Waals surface area contributed by atoms with Gasteiger partial charge in [0.15, 0.2) is 0 Å². The summed E-state index contributed by atoms with van der Waals surface area (Å²) >= 11 is 0. The molecule has 1 saturated carbocycles. The average molecular weight is 211 g/mol. The van der Waals surface area contributed by atoms with Gasteiger partial charge in [0.25, 0.3) is 0 Å². The summed E-state index contributed by atoms with van der Waals surface area (Å²) in [6, 6.07) is 0.688. The SMILES string of the molecule is CCNC(C1CCOC1)C1(C)CCCC1. The summed E-state index contributed by atoms with van der Waals surface area (Å²) in [6.45, 7) is 7.75. The second-order valence-corrected chi connectivity index (χ2v) is 5.52. The molecule has 2 atom stereocenters. The summed E-state index contributed by atoms with van der Waals surface area (Å²) in [7, 11) is 0. The normalized spacial score (nSPS) is 32.0. The van der Waals surface area contributed by atoms with E-state index in [9.17, 15) is 0 Å². The van der Waals surface area contributed by atoms with Crippen LogP contribution in [0.4, 0.5) is 0 Å². The Morgan fingerprint density at radius 1 is 1.40 bits per heavy atom. The summed E-state index contributed by atoms with van der Waals surface area (Å²) in [5.74, 6) is 0.757. The van der Waals surface area contributed by atoms with E-state index in [2.05, 4.69) is 19.2 Å². The third-order valence-electron chi connectivity index (χ3n) is 4.36. The van der Waals surface area contributed by atoms with Gasteiger partial charge >= 0.3 is 0 Å². The molecule has 1 N–H and O–H groups in total. The summed E-state index contributed by atoms with van der Waals surface area (Å²) in [6.07, 6.45) is 6.91. The molecule has 1 saturated heterocycles. The Labute approximate surface area is 93.8 Å². The van der Waals surface area contributed by atoms with Gasteiger partial charge < -0.3 is 10.1 Å². The number of nitrogens with one attached hydrogen (secondary N) is 1. The van der Waals surface area contributed by atoms with Crippen LogP contribution in [0, 0.1) is 11.3 Å². The molecule has 0 aromatic carbocycles. The number of rotatable bonds is 4. The first kappa shape index (κ1) is 11.4. The average Bonchev–Trinajstić information content (AvgIpc) is 2.85. The van der Waals surface area contributed by atoms with Crippen LogP contribution >= 0.6 is 0 Å². The largest absolute Gasteiger partial charge is 0.381 e. The zero-order valence-electron chi connectivity index (χ0n) is 10.2. The first-order chi connectivity index (χ1) is 7.26. The number of hydrogen-bond donors (Lipinski definition) is 1. The molecule has 1 aliphatic heterocycles. The van der Waals surface area contributed by atoms with Crippen molar-refractivity contribution in [2.24, 2.45) is 11.3 Å². The van der Waals surface area contributed by atoms with Crippen LogP contribution in [0.15, 0.2) is 0 Å². The second kappa shape index (κ2) is 4.84. The van der Waals surface area contributed by atoms with Crippen LogP contribution in [0.2, 0.25) is 0 Å². The van der Waals surface area contributed by atoms with Gasteiger partial charge in [-0.1, -0.05) is 26.7 Å². The molecule has 0 radical (unpaired) electrons. The van der Waals surface area contributed by atoms with Crippen molar-refractivity contribution in [2.75, 3.05) is 19.8 Å². The molecule has 2 rings (SSSR count). The van der Waals surface area contributed by atoms with Crippen molar-refractivity contribution in [3.8, 4) is 0 Å². The van der Waals surface area contributed by atoms with Gasteiger partial charge in [0, 0.05) is 18.6 Å². The highest BCUT2D eigenvalue weighted by atomic mass is 16.5. The Hall–Kier alpha value is -0.0800. The first-order valence-corrected chi connectivity index (χ1v) is 6.57. The van der Waals surface area contributed by atoms with Gasteiger partial charge in [0.1, 0.15) is 0 Å². The van der Waals surface area contributed by atoms with Crippen LogP contribution in [-0.2, 0) is 4.74 Å². The lowest BCUT2D eigenvalue weighted by Crippen LogP contribution is -2.47. The van der Waals surface area contributed by atoms with E-state index in [0.29, 0.717) is 11.5 Å². The zero-order chi connectivity index (χ0) is 10.7. The molecule has 1 aliphatic carbocycles. The highest BCUT2D eigenvalue weighted by Gasteiger charge is 2.41. The van der Waals surface area contributed by atoms with E-state index in [4.69, 9.17) is 4.74 Å². The lowest BCUT2D eigenvalue weighted by molar-refractivity contribution is 0.129. The molecule has 2 aliphatic rings. The van der Waals surface area contributed by atoms with Crippen LogP contribution in [0.25, 0.3) is 0 Å². The molecule has 1 heterocycles. The molecule has 2 nitrogen and oxygen atoms in total. The fraction of sp³-hybridized carbons (Fsp3) is 1.00. The molecule has 0 aromatic rings. The van der Waals surface area contributed by atoms with Crippen molar-refractivity contribution in [1.29, 1.82) is 0 Å². The highest BCUT2D eigenvalue weighted by molar-refractivity contribution is 4.95. The molecule has 0 bridgehead atoms. The Morgan fingerprint density at radius 2 is 2.13 bits per heavy atom. The summed E-state index contributed by atoms with van der Waals surface area (Å²) < 4.78 is 5.55. The van der Waals surface area contributed by atoms with Crippen LogP contribution in [0.1, 0.15) is 46.0 Å². The van der Waals surface area contributed by atoms with Gasteiger partial charge in [-0.25, -0.2) is 0 Å². The predicted molar refractivity (Wildman–Crippen MR) is 63.0 cm³/mol. The van der Waals surface area contributed by atoms with Gasteiger partial charge in [0.2, 0.25) is 0 Å². The van der Waals surface area contributed by atoms with E-state index < -0.39 is 0 Å². The van der Waals surface area contributed by atoms with Crippen molar-refractivity contribution in [3.63, 3.8) is 0 Å². The van der Waals surface area contributed by atoms with E-state index in [1.165, 1.54) is 32.1 Å². The fourth-order valence-corrected chi connectivity index (χ4v) is 3.51. The smallest absolute Gasteiger partial charge is 0.0510 e. The molecule has 0 spiro atoms. The Bertz CT molecular complexity index is 193. The van der Waals surface area contributed by atoms with Gasteiger partial charge in [-0.05, 0) is 31.2 Å². The van der Waals surface area contributed by atoms with E-state index in [-0.39, 0.29) is 0 Å². The third kappa shape index (κ3) is 2.36. The summed E-state index contributed by atoms with van der Waals surface area (Å²) in [5.41, 5.74) is 0.536. The van der Waals surface area contributed by atoms with Gasteiger partial charge in [-0.2, -0.15) is 0 Å². The zero-order valence-corrected chi connectivity index (χ0v) is 10.2. The van der Waals surface area contributed by atoms with E-state index in [1.807, 2.05) is 0 Å². The fourth-order valence-electron chi connectivity index (χ4n) is 3.51. The number of hydrogen-bond acceptors (Lipinski definition) is 2. The lowest BCUT2D eigenvalue weighted by atomic mass is 9.74.